The molecule has 3 heteroatoms. The van der Waals surface area contributed by atoms with Crippen molar-refractivity contribution in [2.45, 2.75) is 33.5 Å². The van der Waals surface area contributed by atoms with Crippen LogP contribution in [0.15, 0.2) is 39.5 Å². The maximum atomic E-state index is 12.3. The van der Waals surface area contributed by atoms with Gasteiger partial charge in [-0.3, -0.25) is 0 Å². The van der Waals surface area contributed by atoms with Crippen LogP contribution in [0.3, 0.4) is 0 Å². The standard InChI is InChI=1S/C16H20O2Si/c1-11-12(2)18-16(17)15(19(3,4)5)14(11)13-9-7-6-8-10-13/h6-10H,1-5H3. The highest BCUT2D eigenvalue weighted by molar-refractivity contribution is 6.89. The van der Waals surface area contributed by atoms with Crippen molar-refractivity contribution in [2.75, 3.05) is 0 Å². The molecule has 0 bridgehead atoms. The molecule has 0 aliphatic carbocycles. The maximum absolute atomic E-state index is 12.3. The maximum Gasteiger partial charge on any atom is 0.335 e. The van der Waals surface area contributed by atoms with E-state index in [0.717, 1.165) is 21.9 Å². The molecule has 1 heterocycles. The molecule has 0 amide bonds. The van der Waals surface area contributed by atoms with Crippen LogP contribution in [0.2, 0.25) is 19.6 Å². The number of hydrogen-bond acceptors (Lipinski definition) is 2. The van der Waals surface area contributed by atoms with Gasteiger partial charge in [-0.05, 0) is 30.5 Å². The quantitative estimate of drug-likeness (QED) is 0.784. The lowest BCUT2D eigenvalue weighted by molar-refractivity contribution is 0.481. The number of hydrogen-bond donors (Lipinski definition) is 0. The summed E-state index contributed by atoms with van der Waals surface area (Å²) in [5, 5.41) is 0.891. The minimum atomic E-state index is -1.77. The first-order valence-electron chi connectivity index (χ1n) is 6.52. The van der Waals surface area contributed by atoms with Crippen LogP contribution < -0.4 is 10.8 Å². The Morgan fingerprint density at radius 2 is 1.58 bits per heavy atom. The van der Waals surface area contributed by atoms with Crippen molar-refractivity contribution >= 4 is 13.3 Å². The number of rotatable bonds is 2. The van der Waals surface area contributed by atoms with Crippen LogP contribution in [0.5, 0.6) is 0 Å². The van der Waals surface area contributed by atoms with Crippen molar-refractivity contribution < 1.29 is 4.42 Å². The Bertz CT molecular complexity index is 649. The van der Waals surface area contributed by atoms with E-state index in [-0.39, 0.29) is 5.63 Å². The Balaban J connectivity index is 2.89. The molecule has 19 heavy (non-hydrogen) atoms. The van der Waals surface area contributed by atoms with E-state index in [1.807, 2.05) is 32.0 Å². The molecule has 0 radical (unpaired) electrons. The van der Waals surface area contributed by atoms with Crippen molar-refractivity contribution in [3.63, 3.8) is 0 Å². The molecule has 0 atom stereocenters. The Labute approximate surface area is 115 Å². The van der Waals surface area contributed by atoms with Gasteiger partial charge < -0.3 is 4.42 Å². The first kappa shape index (κ1) is 13.8. The fourth-order valence-electron chi connectivity index (χ4n) is 2.38. The average Bonchev–Trinajstić information content (AvgIpc) is 2.33. The minimum absolute atomic E-state index is 0.166. The predicted molar refractivity (Wildman–Crippen MR) is 82.9 cm³/mol. The van der Waals surface area contributed by atoms with Gasteiger partial charge in [-0.1, -0.05) is 50.0 Å². The van der Waals surface area contributed by atoms with Crippen molar-refractivity contribution in [1.82, 2.24) is 0 Å². The van der Waals surface area contributed by atoms with E-state index in [1.54, 1.807) is 0 Å². The van der Waals surface area contributed by atoms with Gasteiger partial charge in [0.25, 0.3) is 0 Å². The molecule has 0 aliphatic heterocycles. The molecule has 2 nitrogen and oxygen atoms in total. The van der Waals surface area contributed by atoms with Crippen LogP contribution >= 0.6 is 0 Å². The summed E-state index contributed by atoms with van der Waals surface area (Å²) in [4.78, 5) is 12.3. The van der Waals surface area contributed by atoms with E-state index < -0.39 is 8.07 Å². The van der Waals surface area contributed by atoms with Gasteiger partial charge in [0, 0.05) is 5.19 Å². The molecule has 0 fully saturated rings. The van der Waals surface area contributed by atoms with Crippen LogP contribution in [0, 0.1) is 13.8 Å². The second-order valence-electron chi connectivity index (χ2n) is 5.94. The van der Waals surface area contributed by atoms with Gasteiger partial charge in [-0.15, -0.1) is 0 Å². The zero-order chi connectivity index (χ0) is 14.2. The Morgan fingerprint density at radius 3 is 2.11 bits per heavy atom. The highest BCUT2D eigenvalue weighted by Crippen LogP contribution is 2.24. The number of benzene rings is 1. The van der Waals surface area contributed by atoms with Crippen molar-refractivity contribution in [2.24, 2.45) is 0 Å². The zero-order valence-corrected chi connectivity index (χ0v) is 13.2. The second kappa shape index (κ2) is 4.81. The zero-order valence-electron chi connectivity index (χ0n) is 12.2. The Hall–Kier alpha value is -1.61. The smallest absolute Gasteiger partial charge is 0.335 e. The molecule has 0 spiro atoms. The molecule has 0 unspecified atom stereocenters. The molecule has 100 valence electrons. The van der Waals surface area contributed by atoms with E-state index in [4.69, 9.17) is 4.42 Å². The molecule has 1 aromatic carbocycles. The first-order valence-corrected chi connectivity index (χ1v) is 10.0. The molecule has 0 saturated heterocycles. The van der Waals surface area contributed by atoms with Gasteiger partial charge in [0.1, 0.15) is 5.76 Å². The van der Waals surface area contributed by atoms with Gasteiger partial charge in [-0.2, -0.15) is 0 Å². The topological polar surface area (TPSA) is 30.2 Å². The van der Waals surface area contributed by atoms with Gasteiger partial charge in [-0.25, -0.2) is 4.79 Å². The van der Waals surface area contributed by atoms with Crippen LogP contribution in [-0.2, 0) is 0 Å². The SMILES string of the molecule is Cc1oc(=O)c([Si](C)(C)C)c(-c2ccccc2)c1C. The van der Waals surface area contributed by atoms with Gasteiger partial charge >= 0.3 is 5.63 Å². The molecule has 2 rings (SSSR count). The molecule has 2 aromatic rings. The highest BCUT2D eigenvalue weighted by atomic mass is 28.3. The molecule has 0 aliphatic rings. The summed E-state index contributed by atoms with van der Waals surface area (Å²) in [6.45, 7) is 10.4. The van der Waals surface area contributed by atoms with Crippen molar-refractivity contribution in [3.05, 3.63) is 52.1 Å². The number of aryl methyl sites for hydroxylation is 1. The van der Waals surface area contributed by atoms with Crippen molar-refractivity contribution in [3.8, 4) is 11.1 Å². The second-order valence-corrected chi connectivity index (χ2v) is 10.9. The van der Waals surface area contributed by atoms with Crippen LogP contribution in [0.4, 0.5) is 0 Å². The molecule has 0 saturated carbocycles. The summed E-state index contributed by atoms with van der Waals surface area (Å²) in [5.41, 5.74) is 3.09. The fourth-order valence-corrected chi connectivity index (χ4v) is 4.12. The monoisotopic (exact) mass is 272 g/mol. The Kier molecular flexibility index (Phi) is 3.50. The lowest BCUT2D eigenvalue weighted by Crippen LogP contribution is -2.48. The highest BCUT2D eigenvalue weighted by Gasteiger charge is 2.27. The normalized spacial score (nSPS) is 11.6. The summed E-state index contributed by atoms with van der Waals surface area (Å²) < 4.78 is 5.41. The van der Waals surface area contributed by atoms with Crippen molar-refractivity contribution in [1.29, 1.82) is 0 Å². The molecular weight excluding hydrogens is 252 g/mol. The fraction of sp³-hybridized carbons (Fsp3) is 0.312. The minimum Gasteiger partial charge on any atom is -0.428 e. The molecule has 1 aromatic heterocycles. The summed E-state index contributed by atoms with van der Waals surface area (Å²) in [5.74, 6) is 0.714. The van der Waals surface area contributed by atoms with E-state index in [0.29, 0.717) is 5.76 Å². The van der Waals surface area contributed by atoms with E-state index >= 15 is 0 Å². The van der Waals surface area contributed by atoms with Crippen LogP contribution in [0.25, 0.3) is 11.1 Å². The van der Waals surface area contributed by atoms with Crippen LogP contribution in [0.1, 0.15) is 11.3 Å². The van der Waals surface area contributed by atoms with Gasteiger partial charge in [0.15, 0.2) is 0 Å². The summed E-state index contributed by atoms with van der Waals surface area (Å²) in [6, 6.07) is 10.1. The average molecular weight is 272 g/mol. The summed E-state index contributed by atoms with van der Waals surface area (Å²) in [6.07, 6.45) is 0. The largest absolute Gasteiger partial charge is 0.428 e. The lowest BCUT2D eigenvalue weighted by Gasteiger charge is -2.21. The van der Waals surface area contributed by atoms with E-state index in [2.05, 4.69) is 31.8 Å². The predicted octanol–water partition coefficient (Wildman–Crippen LogP) is 3.47. The Morgan fingerprint density at radius 1 is 1.00 bits per heavy atom. The van der Waals surface area contributed by atoms with Gasteiger partial charge in [0.2, 0.25) is 0 Å². The van der Waals surface area contributed by atoms with Gasteiger partial charge in [0.05, 0.1) is 8.07 Å². The third-order valence-corrected chi connectivity index (χ3v) is 5.37. The third-order valence-electron chi connectivity index (χ3n) is 3.42. The van der Waals surface area contributed by atoms with Crippen LogP contribution in [-0.4, -0.2) is 8.07 Å². The van der Waals surface area contributed by atoms with E-state index in [9.17, 15) is 4.79 Å². The molecule has 0 N–H and O–H groups in total. The van der Waals surface area contributed by atoms with E-state index in [1.165, 1.54) is 0 Å². The first-order chi connectivity index (χ1) is 8.82. The molecular formula is C16H20O2Si. The lowest BCUT2D eigenvalue weighted by atomic mass is 10.0. The summed E-state index contributed by atoms with van der Waals surface area (Å²) in [7, 11) is -1.77. The third kappa shape index (κ3) is 2.56. The summed E-state index contributed by atoms with van der Waals surface area (Å²) >= 11 is 0.